The topological polar surface area (TPSA) is 47.6 Å². The summed E-state index contributed by atoms with van der Waals surface area (Å²) in [5.41, 5.74) is 1.97. The highest BCUT2D eigenvalue weighted by molar-refractivity contribution is 9.10. The van der Waals surface area contributed by atoms with E-state index in [4.69, 9.17) is 9.47 Å². The zero-order valence-corrected chi connectivity index (χ0v) is 16.5. The van der Waals surface area contributed by atoms with Crippen molar-refractivity contribution in [3.05, 3.63) is 94.5 Å². The van der Waals surface area contributed by atoms with Crippen molar-refractivity contribution < 1.29 is 14.3 Å². The van der Waals surface area contributed by atoms with Gasteiger partial charge in [-0.05, 0) is 41.5 Å². The van der Waals surface area contributed by atoms with Crippen LogP contribution in [-0.4, -0.2) is 19.6 Å². The molecule has 1 atom stereocenters. The highest BCUT2D eigenvalue weighted by Crippen LogP contribution is 2.24. The maximum absolute atomic E-state index is 12.5. The van der Waals surface area contributed by atoms with Crippen LogP contribution >= 0.6 is 15.9 Å². The van der Waals surface area contributed by atoms with E-state index < -0.39 is 0 Å². The fourth-order valence-electron chi connectivity index (χ4n) is 2.71. The van der Waals surface area contributed by atoms with Crippen LogP contribution in [0.1, 0.15) is 17.2 Å². The number of amides is 1. The molecule has 138 valence electrons. The number of benzene rings is 3. The first kappa shape index (κ1) is 19.0. The summed E-state index contributed by atoms with van der Waals surface area (Å²) in [4.78, 5) is 12.5. The highest BCUT2D eigenvalue weighted by Gasteiger charge is 2.17. The highest BCUT2D eigenvalue weighted by atomic mass is 79.9. The van der Waals surface area contributed by atoms with Gasteiger partial charge in [0.2, 0.25) is 0 Å². The molecule has 1 N–H and O–H groups in total. The Bertz CT molecular complexity index is 882. The van der Waals surface area contributed by atoms with Crippen LogP contribution in [0.2, 0.25) is 0 Å². The first-order valence-corrected chi connectivity index (χ1v) is 9.31. The van der Waals surface area contributed by atoms with Crippen LogP contribution < -0.4 is 14.8 Å². The first-order chi connectivity index (χ1) is 13.2. The quantitative estimate of drug-likeness (QED) is 0.594. The standard InChI is InChI=1S/C22H20BrNO3/c1-26-19-12-10-17(11-13-19)22(16-6-3-2-4-7-16)24-21(25)15-27-20-9-5-8-18(23)14-20/h2-14,22H,15H2,1H3,(H,24,25)/t22-/m0/s1. The molecule has 0 unspecified atom stereocenters. The van der Waals surface area contributed by atoms with Crippen molar-refractivity contribution in [3.8, 4) is 11.5 Å². The number of ether oxygens (including phenoxy) is 2. The van der Waals surface area contributed by atoms with Gasteiger partial charge in [-0.25, -0.2) is 0 Å². The van der Waals surface area contributed by atoms with Gasteiger partial charge in [0.25, 0.3) is 5.91 Å². The third-order valence-electron chi connectivity index (χ3n) is 4.05. The lowest BCUT2D eigenvalue weighted by Crippen LogP contribution is -2.33. The molecule has 0 spiro atoms. The molecule has 0 fully saturated rings. The molecule has 3 rings (SSSR count). The Morgan fingerprint density at radius 3 is 2.30 bits per heavy atom. The fourth-order valence-corrected chi connectivity index (χ4v) is 3.09. The molecule has 1 amide bonds. The van der Waals surface area contributed by atoms with Crippen molar-refractivity contribution in [1.29, 1.82) is 0 Å². The number of nitrogens with one attached hydrogen (secondary N) is 1. The van der Waals surface area contributed by atoms with E-state index >= 15 is 0 Å². The Hall–Kier alpha value is -2.79. The van der Waals surface area contributed by atoms with Crippen LogP contribution in [0.4, 0.5) is 0 Å². The van der Waals surface area contributed by atoms with Crippen molar-refractivity contribution in [2.24, 2.45) is 0 Å². The Morgan fingerprint density at radius 2 is 1.63 bits per heavy atom. The minimum atomic E-state index is -0.268. The first-order valence-electron chi connectivity index (χ1n) is 8.52. The SMILES string of the molecule is COc1ccc([C@@H](NC(=O)COc2cccc(Br)c2)c2ccccc2)cc1. The molecule has 27 heavy (non-hydrogen) atoms. The summed E-state index contributed by atoms with van der Waals surface area (Å²) in [6, 6.07) is 24.7. The fraction of sp³-hybridized carbons (Fsp3) is 0.136. The summed E-state index contributed by atoms with van der Waals surface area (Å²) >= 11 is 3.39. The van der Waals surface area contributed by atoms with Gasteiger partial charge in [-0.15, -0.1) is 0 Å². The molecule has 3 aromatic carbocycles. The van der Waals surface area contributed by atoms with Gasteiger partial charge in [-0.3, -0.25) is 4.79 Å². The summed E-state index contributed by atoms with van der Waals surface area (Å²) in [6.45, 7) is -0.0596. The second kappa shape index (κ2) is 9.24. The lowest BCUT2D eigenvalue weighted by atomic mass is 9.98. The lowest BCUT2D eigenvalue weighted by Gasteiger charge is -2.20. The van der Waals surface area contributed by atoms with Gasteiger partial charge in [0, 0.05) is 4.47 Å². The maximum Gasteiger partial charge on any atom is 0.258 e. The minimum absolute atomic E-state index is 0.0596. The Labute approximate surface area is 167 Å². The Balaban J connectivity index is 1.73. The van der Waals surface area contributed by atoms with E-state index in [2.05, 4.69) is 21.2 Å². The van der Waals surface area contributed by atoms with Crippen LogP contribution in [0.3, 0.4) is 0 Å². The second-order valence-corrected chi connectivity index (χ2v) is 6.85. The van der Waals surface area contributed by atoms with Crippen molar-refractivity contribution >= 4 is 21.8 Å². The van der Waals surface area contributed by atoms with E-state index in [0.717, 1.165) is 21.3 Å². The van der Waals surface area contributed by atoms with Crippen LogP contribution in [0.15, 0.2) is 83.3 Å². The summed E-state index contributed by atoms with van der Waals surface area (Å²) in [7, 11) is 1.63. The second-order valence-electron chi connectivity index (χ2n) is 5.93. The number of hydrogen-bond acceptors (Lipinski definition) is 3. The number of hydrogen-bond donors (Lipinski definition) is 1. The molecule has 0 aliphatic heterocycles. The molecule has 5 heteroatoms. The molecule has 4 nitrogen and oxygen atoms in total. The zero-order valence-electron chi connectivity index (χ0n) is 14.9. The molecule has 0 heterocycles. The number of methoxy groups -OCH3 is 1. The molecule has 0 aliphatic rings. The number of halogens is 1. The Kier molecular flexibility index (Phi) is 6.49. The average Bonchev–Trinajstić information content (AvgIpc) is 2.71. The predicted molar refractivity (Wildman–Crippen MR) is 109 cm³/mol. The van der Waals surface area contributed by atoms with E-state index in [-0.39, 0.29) is 18.6 Å². The Morgan fingerprint density at radius 1 is 0.926 bits per heavy atom. The van der Waals surface area contributed by atoms with Crippen LogP contribution in [0.5, 0.6) is 11.5 Å². The summed E-state index contributed by atoms with van der Waals surface area (Å²) in [5.74, 6) is 1.22. The molecule has 3 aromatic rings. The van der Waals surface area contributed by atoms with Crippen LogP contribution in [-0.2, 0) is 4.79 Å². The van der Waals surface area contributed by atoms with Gasteiger partial charge in [0.05, 0.1) is 13.2 Å². The third kappa shape index (κ3) is 5.34. The molecular weight excluding hydrogens is 406 g/mol. The summed E-state index contributed by atoms with van der Waals surface area (Å²) in [6.07, 6.45) is 0. The monoisotopic (exact) mass is 425 g/mol. The lowest BCUT2D eigenvalue weighted by molar-refractivity contribution is -0.123. The largest absolute Gasteiger partial charge is 0.497 e. The van der Waals surface area contributed by atoms with Gasteiger partial charge in [0.15, 0.2) is 6.61 Å². The third-order valence-corrected chi connectivity index (χ3v) is 4.55. The van der Waals surface area contributed by atoms with Gasteiger partial charge in [-0.2, -0.15) is 0 Å². The van der Waals surface area contributed by atoms with Gasteiger partial charge >= 0.3 is 0 Å². The summed E-state index contributed by atoms with van der Waals surface area (Å²) in [5, 5.41) is 3.06. The van der Waals surface area contributed by atoms with E-state index in [9.17, 15) is 4.79 Å². The van der Waals surface area contributed by atoms with Crippen molar-refractivity contribution in [1.82, 2.24) is 5.32 Å². The smallest absolute Gasteiger partial charge is 0.258 e. The van der Waals surface area contributed by atoms with Crippen LogP contribution in [0, 0.1) is 0 Å². The van der Waals surface area contributed by atoms with E-state index in [0.29, 0.717) is 5.75 Å². The van der Waals surface area contributed by atoms with Crippen molar-refractivity contribution in [2.75, 3.05) is 13.7 Å². The predicted octanol–water partition coefficient (Wildman–Crippen LogP) is 4.74. The maximum atomic E-state index is 12.5. The van der Waals surface area contributed by atoms with Crippen molar-refractivity contribution in [3.63, 3.8) is 0 Å². The normalized spacial score (nSPS) is 11.5. The van der Waals surface area contributed by atoms with Crippen LogP contribution in [0.25, 0.3) is 0 Å². The number of carbonyl (C=O) groups is 1. The molecule has 0 aromatic heterocycles. The van der Waals surface area contributed by atoms with Crippen molar-refractivity contribution in [2.45, 2.75) is 6.04 Å². The van der Waals surface area contributed by atoms with Gasteiger partial charge in [0.1, 0.15) is 11.5 Å². The average molecular weight is 426 g/mol. The molecule has 0 radical (unpaired) electrons. The van der Waals surface area contributed by atoms with E-state index in [1.54, 1.807) is 7.11 Å². The summed E-state index contributed by atoms with van der Waals surface area (Å²) < 4.78 is 11.7. The molecule has 0 saturated carbocycles. The molecule has 0 aliphatic carbocycles. The number of rotatable bonds is 7. The van der Waals surface area contributed by atoms with Gasteiger partial charge in [-0.1, -0.05) is 64.5 Å². The molecular formula is C22H20BrNO3. The minimum Gasteiger partial charge on any atom is -0.497 e. The van der Waals surface area contributed by atoms with Gasteiger partial charge < -0.3 is 14.8 Å². The number of carbonyl (C=O) groups excluding carboxylic acids is 1. The molecule has 0 bridgehead atoms. The van der Waals surface area contributed by atoms with E-state index in [1.807, 2.05) is 78.9 Å². The van der Waals surface area contributed by atoms with E-state index in [1.165, 1.54) is 0 Å². The molecule has 0 saturated heterocycles. The zero-order chi connectivity index (χ0) is 19.1.